The van der Waals surface area contributed by atoms with Crippen LogP contribution in [0.4, 0.5) is 0 Å². The van der Waals surface area contributed by atoms with E-state index in [1.54, 1.807) is 24.3 Å². The molecule has 0 heterocycles. The van der Waals surface area contributed by atoms with Gasteiger partial charge in [-0.25, -0.2) is 5.43 Å². The highest BCUT2D eigenvalue weighted by molar-refractivity contribution is 6.30. The highest BCUT2D eigenvalue weighted by Crippen LogP contribution is 2.09. The first-order valence-electron chi connectivity index (χ1n) is 6.48. The molecule has 3 nitrogen and oxygen atoms in total. The van der Waals surface area contributed by atoms with Crippen molar-refractivity contribution in [2.24, 2.45) is 5.10 Å². The quantitative estimate of drug-likeness (QED) is 0.668. The summed E-state index contributed by atoms with van der Waals surface area (Å²) in [4.78, 5) is 11.8. The molecule has 0 saturated heterocycles. The maximum atomic E-state index is 11.8. The van der Waals surface area contributed by atoms with Crippen LogP contribution in [-0.4, -0.2) is 11.6 Å². The Hall–Kier alpha value is -2.39. The summed E-state index contributed by atoms with van der Waals surface area (Å²) in [5.74, 6) is -0.265. The van der Waals surface area contributed by atoms with Gasteiger partial charge < -0.3 is 0 Å². The summed E-state index contributed by atoms with van der Waals surface area (Å²) in [7, 11) is 0. The van der Waals surface area contributed by atoms with E-state index in [0.29, 0.717) is 16.3 Å². The number of carbonyl (C=O) groups excluding carboxylic acids is 1. The summed E-state index contributed by atoms with van der Waals surface area (Å²) in [5.41, 5.74) is 4.81. The van der Waals surface area contributed by atoms with Gasteiger partial charge in [-0.2, -0.15) is 5.10 Å². The minimum atomic E-state index is -0.265. The van der Waals surface area contributed by atoms with E-state index in [1.165, 1.54) is 0 Å². The Morgan fingerprint density at radius 3 is 2.43 bits per heavy atom. The number of benzene rings is 2. The summed E-state index contributed by atoms with van der Waals surface area (Å²) >= 11 is 5.77. The Labute approximate surface area is 129 Å². The van der Waals surface area contributed by atoms with E-state index >= 15 is 0 Å². The van der Waals surface area contributed by atoms with Gasteiger partial charge in [0.1, 0.15) is 0 Å². The predicted molar refractivity (Wildman–Crippen MR) is 87.5 cm³/mol. The molecule has 0 aliphatic heterocycles. The third-order valence-corrected chi connectivity index (χ3v) is 3.01. The molecule has 106 valence electrons. The maximum absolute atomic E-state index is 11.8. The molecular formula is C17H15ClN2O. The number of allylic oxidation sites excluding steroid dienone is 1. The number of amides is 1. The van der Waals surface area contributed by atoms with Crippen molar-refractivity contribution in [3.05, 3.63) is 76.8 Å². The first-order chi connectivity index (χ1) is 10.1. The number of hydrogen-bond acceptors (Lipinski definition) is 2. The Bertz CT molecular complexity index is 661. The van der Waals surface area contributed by atoms with Gasteiger partial charge in [-0.15, -0.1) is 0 Å². The van der Waals surface area contributed by atoms with E-state index in [2.05, 4.69) is 10.5 Å². The Morgan fingerprint density at radius 2 is 1.76 bits per heavy atom. The van der Waals surface area contributed by atoms with Crippen molar-refractivity contribution in [2.45, 2.75) is 6.92 Å². The fourth-order valence-corrected chi connectivity index (χ4v) is 1.75. The van der Waals surface area contributed by atoms with Gasteiger partial charge in [0, 0.05) is 10.6 Å². The third-order valence-electron chi connectivity index (χ3n) is 2.76. The molecular weight excluding hydrogens is 284 g/mol. The molecule has 4 heteroatoms. The molecule has 1 N–H and O–H groups in total. The van der Waals surface area contributed by atoms with Gasteiger partial charge in [-0.05, 0) is 42.8 Å². The molecule has 0 fully saturated rings. The van der Waals surface area contributed by atoms with Gasteiger partial charge in [-0.3, -0.25) is 4.79 Å². The molecule has 1 amide bonds. The fraction of sp³-hybridized carbons (Fsp3) is 0.0588. The van der Waals surface area contributed by atoms with Crippen molar-refractivity contribution in [3.8, 4) is 0 Å². The van der Waals surface area contributed by atoms with Gasteiger partial charge in [0.15, 0.2) is 0 Å². The molecule has 0 atom stereocenters. The fourth-order valence-electron chi connectivity index (χ4n) is 1.62. The van der Waals surface area contributed by atoms with Crippen LogP contribution >= 0.6 is 11.6 Å². The van der Waals surface area contributed by atoms with Gasteiger partial charge >= 0.3 is 0 Å². The lowest BCUT2D eigenvalue weighted by atomic mass is 10.2. The number of carbonyl (C=O) groups is 1. The number of nitrogens with one attached hydrogen (secondary N) is 1. The van der Waals surface area contributed by atoms with Crippen LogP contribution in [0.15, 0.2) is 65.8 Å². The first kappa shape index (κ1) is 15.0. The molecule has 2 aromatic carbocycles. The van der Waals surface area contributed by atoms with Gasteiger partial charge in [-0.1, -0.05) is 48.0 Å². The molecule has 21 heavy (non-hydrogen) atoms. The lowest BCUT2D eigenvalue weighted by Gasteiger charge is -2.00. The van der Waals surface area contributed by atoms with Crippen molar-refractivity contribution < 1.29 is 4.79 Å². The smallest absolute Gasteiger partial charge is 0.267 e. The zero-order valence-electron chi connectivity index (χ0n) is 11.6. The van der Waals surface area contributed by atoms with Gasteiger partial charge in [0.2, 0.25) is 0 Å². The van der Waals surface area contributed by atoms with Crippen LogP contribution in [0.3, 0.4) is 0 Å². The average molecular weight is 299 g/mol. The van der Waals surface area contributed by atoms with Crippen LogP contribution < -0.4 is 5.43 Å². The number of nitrogens with zero attached hydrogens (tertiary/aromatic N) is 1. The van der Waals surface area contributed by atoms with Gasteiger partial charge in [0.25, 0.3) is 5.91 Å². The maximum Gasteiger partial charge on any atom is 0.271 e. The Balaban J connectivity index is 1.95. The zero-order chi connectivity index (χ0) is 15.1. The number of hydrazone groups is 1. The van der Waals surface area contributed by atoms with E-state index in [-0.39, 0.29) is 5.91 Å². The van der Waals surface area contributed by atoms with Crippen LogP contribution in [0, 0.1) is 0 Å². The van der Waals surface area contributed by atoms with Crippen LogP contribution in [0.1, 0.15) is 22.8 Å². The summed E-state index contributed by atoms with van der Waals surface area (Å²) in [6, 6.07) is 16.5. The molecule has 0 saturated carbocycles. The van der Waals surface area contributed by atoms with Crippen molar-refractivity contribution in [1.82, 2.24) is 5.43 Å². The molecule has 0 radical (unpaired) electrons. The minimum absolute atomic E-state index is 0.265. The molecule has 2 rings (SSSR count). The number of hydrogen-bond donors (Lipinski definition) is 1. The topological polar surface area (TPSA) is 41.5 Å². The molecule has 2 aromatic rings. The van der Waals surface area contributed by atoms with E-state index in [1.807, 2.05) is 49.4 Å². The van der Waals surface area contributed by atoms with Crippen LogP contribution in [0.2, 0.25) is 5.02 Å². The van der Waals surface area contributed by atoms with E-state index in [0.717, 1.165) is 5.56 Å². The monoisotopic (exact) mass is 298 g/mol. The van der Waals surface area contributed by atoms with E-state index in [4.69, 9.17) is 11.6 Å². The summed E-state index contributed by atoms with van der Waals surface area (Å²) < 4.78 is 0. The van der Waals surface area contributed by atoms with Crippen LogP contribution in [0.25, 0.3) is 6.08 Å². The summed E-state index contributed by atoms with van der Waals surface area (Å²) in [5, 5.41) is 4.63. The average Bonchev–Trinajstić information content (AvgIpc) is 2.52. The van der Waals surface area contributed by atoms with Crippen molar-refractivity contribution in [1.29, 1.82) is 0 Å². The lowest BCUT2D eigenvalue weighted by molar-refractivity contribution is 0.0955. The highest BCUT2D eigenvalue weighted by Gasteiger charge is 2.03. The molecule has 0 aromatic heterocycles. The molecule has 0 bridgehead atoms. The van der Waals surface area contributed by atoms with Crippen LogP contribution in [-0.2, 0) is 0 Å². The van der Waals surface area contributed by atoms with E-state index in [9.17, 15) is 4.79 Å². The predicted octanol–water partition coefficient (Wildman–Crippen LogP) is 4.16. The Kier molecular flexibility index (Phi) is 5.29. The normalized spacial score (nSPS) is 11.6. The van der Waals surface area contributed by atoms with E-state index < -0.39 is 0 Å². The van der Waals surface area contributed by atoms with Gasteiger partial charge in [0.05, 0.1) is 5.71 Å². The molecule has 0 aliphatic rings. The Morgan fingerprint density at radius 1 is 1.10 bits per heavy atom. The second-order valence-corrected chi connectivity index (χ2v) is 4.88. The minimum Gasteiger partial charge on any atom is -0.267 e. The largest absolute Gasteiger partial charge is 0.271 e. The van der Waals surface area contributed by atoms with Crippen LogP contribution in [0.5, 0.6) is 0 Å². The zero-order valence-corrected chi connectivity index (χ0v) is 12.3. The summed E-state index contributed by atoms with van der Waals surface area (Å²) in [6.45, 7) is 1.82. The lowest BCUT2D eigenvalue weighted by Crippen LogP contribution is -2.18. The van der Waals surface area contributed by atoms with Crippen molar-refractivity contribution >= 4 is 29.3 Å². The number of rotatable bonds is 4. The third kappa shape index (κ3) is 4.89. The standard InChI is InChI=1S/C17H15ClN2O/c1-13(7-8-14-5-3-2-4-6-14)19-20-17(21)15-9-11-16(18)12-10-15/h2-12H,1H3,(H,20,21)/b8-7-,19-13+. The highest BCUT2D eigenvalue weighted by atomic mass is 35.5. The second-order valence-electron chi connectivity index (χ2n) is 4.45. The molecule has 0 aliphatic carbocycles. The van der Waals surface area contributed by atoms with Crippen molar-refractivity contribution in [3.63, 3.8) is 0 Å². The SMILES string of the molecule is CC(/C=C\c1ccccc1)=N\NC(=O)c1ccc(Cl)cc1. The van der Waals surface area contributed by atoms with Crippen molar-refractivity contribution in [2.75, 3.05) is 0 Å². The molecule has 0 spiro atoms. The second kappa shape index (κ2) is 7.41. The summed E-state index contributed by atoms with van der Waals surface area (Å²) in [6.07, 6.45) is 3.78. The number of halogens is 1. The first-order valence-corrected chi connectivity index (χ1v) is 6.86. The molecule has 0 unspecified atom stereocenters.